The van der Waals surface area contributed by atoms with Gasteiger partial charge < -0.3 is 15.8 Å². The summed E-state index contributed by atoms with van der Waals surface area (Å²) in [7, 11) is 0. The van der Waals surface area contributed by atoms with Crippen molar-refractivity contribution in [3.8, 4) is 6.07 Å². The number of fused-ring (bicyclic) bond motifs is 1. The van der Waals surface area contributed by atoms with Crippen LogP contribution in [0.5, 0.6) is 0 Å². The summed E-state index contributed by atoms with van der Waals surface area (Å²) in [5, 5.41) is 20.6. The molecular weight excluding hydrogens is 368 g/mol. The Morgan fingerprint density at radius 3 is 2.66 bits per heavy atom. The minimum absolute atomic E-state index is 0.342. The first-order valence-electron chi connectivity index (χ1n) is 9.30. The molecule has 3 aromatic rings. The molecule has 2 atom stereocenters. The lowest BCUT2D eigenvalue weighted by atomic mass is 10.0. The van der Waals surface area contributed by atoms with Crippen LogP contribution in [0.15, 0.2) is 48.7 Å². The second kappa shape index (κ2) is 8.39. The van der Waals surface area contributed by atoms with Crippen LogP contribution in [0.25, 0.3) is 5.65 Å². The number of rotatable bonds is 7. The van der Waals surface area contributed by atoms with Gasteiger partial charge in [0.25, 0.3) is 0 Å². The molecule has 0 fully saturated rings. The van der Waals surface area contributed by atoms with Crippen LogP contribution in [0.2, 0.25) is 0 Å². The van der Waals surface area contributed by atoms with Crippen LogP contribution in [0, 0.1) is 11.3 Å². The molecule has 0 unspecified atom stereocenters. The molecule has 29 heavy (non-hydrogen) atoms. The van der Waals surface area contributed by atoms with Crippen molar-refractivity contribution in [1.29, 1.82) is 5.26 Å². The number of nitrogens with one attached hydrogen (secondary N) is 1. The van der Waals surface area contributed by atoms with E-state index in [1.807, 2.05) is 37.3 Å². The zero-order valence-electron chi connectivity index (χ0n) is 16.7. The molecular formula is C21H24N6O2. The van der Waals surface area contributed by atoms with Crippen molar-refractivity contribution in [2.45, 2.75) is 45.1 Å². The number of carbonyl (C=O) groups is 1. The quantitative estimate of drug-likeness (QED) is 0.636. The molecule has 0 aliphatic rings. The minimum atomic E-state index is -1.07. The smallest absolute Gasteiger partial charge is 0.240 e. The van der Waals surface area contributed by atoms with Gasteiger partial charge in [-0.15, -0.1) is 10.2 Å². The van der Waals surface area contributed by atoms with E-state index in [9.17, 15) is 10.1 Å². The highest BCUT2D eigenvalue weighted by Gasteiger charge is 2.31. The van der Waals surface area contributed by atoms with E-state index in [1.54, 1.807) is 36.6 Å². The number of nitrogens with zero attached hydrogens (tertiary/aromatic N) is 4. The van der Waals surface area contributed by atoms with Gasteiger partial charge in [-0.25, -0.2) is 0 Å². The number of carbonyl (C=O) groups excluding carboxylic acids is 1. The molecule has 8 heteroatoms. The summed E-state index contributed by atoms with van der Waals surface area (Å²) in [4.78, 5) is 12.6. The van der Waals surface area contributed by atoms with E-state index in [-0.39, 0.29) is 5.91 Å². The minimum Gasteiger partial charge on any atom is -0.371 e. The van der Waals surface area contributed by atoms with Gasteiger partial charge in [0.2, 0.25) is 5.91 Å². The third kappa shape index (κ3) is 4.77. The Morgan fingerprint density at radius 1 is 1.28 bits per heavy atom. The normalized spacial score (nSPS) is 13.6. The number of benzene rings is 1. The van der Waals surface area contributed by atoms with E-state index in [0.717, 1.165) is 5.56 Å². The molecule has 0 aliphatic heterocycles. The van der Waals surface area contributed by atoms with Crippen LogP contribution in [-0.2, 0) is 16.1 Å². The van der Waals surface area contributed by atoms with Gasteiger partial charge >= 0.3 is 0 Å². The molecule has 0 radical (unpaired) electrons. The number of pyridine rings is 1. The number of nitriles is 1. The van der Waals surface area contributed by atoms with Crippen LogP contribution in [0.1, 0.15) is 43.8 Å². The lowest BCUT2D eigenvalue weighted by molar-refractivity contribution is -0.127. The average molecular weight is 392 g/mol. The van der Waals surface area contributed by atoms with E-state index < -0.39 is 17.7 Å². The second-order valence-corrected chi connectivity index (χ2v) is 7.49. The number of hydrogen-bond donors (Lipinski definition) is 2. The fraction of sp³-hybridized carbons (Fsp3) is 0.333. The van der Waals surface area contributed by atoms with Crippen molar-refractivity contribution in [3.63, 3.8) is 0 Å². The summed E-state index contributed by atoms with van der Waals surface area (Å²) >= 11 is 0. The average Bonchev–Trinajstić information content (AvgIpc) is 3.12. The van der Waals surface area contributed by atoms with Gasteiger partial charge in [0, 0.05) is 6.20 Å². The number of ether oxygens (including phenoxy) is 1. The fourth-order valence-electron chi connectivity index (χ4n) is 2.80. The highest BCUT2D eigenvalue weighted by atomic mass is 16.5. The Morgan fingerprint density at radius 2 is 2.00 bits per heavy atom. The van der Waals surface area contributed by atoms with Gasteiger partial charge in [0.15, 0.2) is 11.5 Å². The van der Waals surface area contributed by atoms with Crippen LogP contribution in [0.3, 0.4) is 0 Å². The van der Waals surface area contributed by atoms with Crippen molar-refractivity contribution in [3.05, 3.63) is 65.6 Å². The van der Waals surface area contributed by atoms with Gasteiger partial charge in [-0.05, 0) is 38.5 Å². The number of amides is 1. The van der Waals surface area contributed by atoms with Crippen LogP contribution in [-0.4, -0.2) is 32.1 Å². The van der Waals surface area contributed by atoms with Crippen molar-refractivity contribution in [2.24, 2.45) is 5.73 Å². The van der Waals surface area contributed by atoms with Crippen LogP contribution < -0.4 is 11.1 Å². The zero-order chi connectivity index (χ0) is 21.0. The third-order valence-corrected chi connectivity index (χ3v) is 4.53. The molecule has 3 rings (SSSR count). The highest BCUT2D eigenvalue weighted by Crippen LogP contribution is 2.21. The Labute approximate surface area is 169 Å². The third-order valence-electron chi connectivity index (χ3n) is 4.53. The monoisotopic (exact) mass is 392 g/mol. The maximum absolute atomic E-state index is 12.6. The molecule has 150 valence electrons. The van der Waals surface area contributed by atoms with Gasteiger partial charge in [0.1, 0.15) is 12.1 Å². The second-order valence-electron chi connectivity index (χ2n) is 7.49. The molecule has 0 aliphatic carbocycles. The first kappa shape index (κ1) is 20.5. The summed E-state index contributed by atoms with van der Waals surface area (Å²) in [6.07, 6.45) is 1.21. The predicted molar refractivity (Wildman–Crippen MR) is 108 cm³/mol. The van der Waals surface area contributed by atoms with Crippen molar-refractivity contribution >= 4 is 11.6 Å². The maximum Gasteiger partial charge on any atom is 0.240 e. The summed E-state index contributed by atoms with van der Waals surface area (Å²) in [5.41, 5.74) is 6.94. The molecule has 1 amide bonds. The van der Waals surface area contributed by atoms with E-state index in [4.69, 9.17) is 10.5 Å². The van der Waals surface area contributed by atoms with E-state index >= 15 is 0 Å². The van der Waals surface area contributed by atoms with E-state index in [0.29, 0.717) is 23.6 Å². The number of aromatic nitrogens is 3. The van der Waals surface area contributed by atoms with E-state index in [1.165, 1.54) is 0 Å². The Bertz CT molecular complexity index is 1030. The van der Waals surface area contributed by atoms with Gasteiger partial charge in [-0.1, -0.05) is 30.3 Å². The molecule has 2 heterocycles. The SMILES string of the molecule is C[C@@H](OCc1ccccc1)[C@@H](NC(=O)C(C)(C)N)c1nnc2ccc(C#N)cn12. The molecule has 1 aromatic carbocycles. The summed E-state index contributed by atoms with van der Waals surface area (Å²) in [6, 6.07) is 14.6. The molecule has 0 saturated carbocycles. The van der Waals surface area contributed by atoms with Gasteiger partial charge in [0.05, 0.1) is 23.8 Å². The zero-order valence-corrected chi connectivity index (χ0v) is 16.7. The fourth-order valence-corrected chi connectivity index (χ4v) is 2.80. The van der Waals surface area contributed by atoms with Crippen molar-refractivity contribution < 1.29 is 9.53 Å². The molecule has 8 nitrogen and oxygen atoms in total. The van der Waals surface area contributed by atoms with Crippen molar-refractivity contribution in [2.75, 3.05) is 0 Å². The lowest BCUT2D eigenvalue weighted by Gasteiger charge is -2.27. The van der Waals surface area contributed by atoms with Crippen LogP contribution in [0.4, 0.5) is 0 Å². The number of nitrogens with two attached hydrogens (primary N) is 1. The first-order chi connectivity index (χ1) is 13.8. The first-order valence-corrected chi connectivity index (χ1v) is 9.30. The highest BCUT2D eigenvalue weighted by molar-refractivity contribution is 5.85. The molecule has 0 saturated heterocycles. The maximum atomic E-state index is 12.6. The molecule has 3 N–H and O–H groups in total. The largest absolute Gasteiger partial charge is 0.371 e. The standard InChI is InChI=1S/C21H24N6O2/c1-14(29-13-15-7-5-4-6-8-15)18(24-20(28)21(2,3)23)19-26-25-17-10-9-16(11-22)12-27(17)19/h4-10,12,14,18H,13,23H2,1-3H3,(H,24,28)/t14-,18-/m1/s1. The Hall–Kier alpha value is -3.28. The Kier molecular flexibility index (Phi) is 5.92. The van der Waals surface area contributed by atoms with Crippen molar-refractivity contribution in [1.82, 2.24) is 19.9 Å². The summed E-state index contributed by atoms with van der Waals surface area (Å²) < 4.78 is 7.72. The predicted octanol–water partition coefficient (Wildman–Crippen LogP) is 2.10. The molecule has 0 spiro atoms. The van der Waals surface area contributed by atoms with Crippen LogP contribution >= 0.6 is 0 Å². The number of hydrogen-bond acceptors (Lipinski definition) is 6. The topological polar surface area (TPSA) is 118 Å². The molecule has 2 aromatic heterocycles. The van der Waals surface area contributed by atoms with E-state index in [2.05, 4.69) is 21.6 Å². The lowest BCUT2D eigenvalue weighted by Crippen LogP contribution is -2.52. The van der Waals surface area contributed by atoms with Gasteiger partial charge in [-0.2, -0.15) is 5.26 Å². The Balaban J connectivity index is 1.92. The van der Waals surface area contributed by atoms with Gasteiger partial charge in [-0.3, -0.25) is 9.20 Å². The summed E-state index contributed by atoms with van der Waals surface area (Å²) in [5.74, 6) is 0.126. The molecule has 0 bridgehead atoms. The summed E-state index contributed by atoms with van der Waals surface area (Å²) in [6.45, 7) is 5.49.